The van der Waals surface area contributed by atoms with Crippen LogP contribution in [0.1, 0.15) is 35.2 Å². The monoisotopic (exact) mass is 450 g/mol. The number of aryl methyl sites for hydroxylation is 1. The highest BCUT2D eigenvalue weighted by Gasteiger charge is 2.19. The molecule has 4 aromatic rings. The first kappa shape index (κ1) is 19.8. The van der Waals surface area contributed by atoms with Crippen molar-refractivity contribution in [2.45, 2.75) is 38.8 Å². The first-order valence-corrected chi connectivity index (χ1v) is 10.1. The lowest BCUT2D eigenvalue weighted by molar-refractivity contribution is -0.688. The topological polar surface area (TPSA) is 8.81 Å². The standard InChI is InChI=1S/C25H24FN2.BrH/c26-21-7-5-6-20(16-21)17-27-14-12-19(13-15-27)18-28-24-10-3-1-8-22(24)23-9-2-4-11-25(23)28;/h1,3,5-8,10,12-16H,2,4,9,11,17-18H2;1H/q+1;/p-1. The van der Waals surface area contributed by atoms with Crippen molar-refractivity contribution in [1.29, 1.82) is 0 Å². The zero-order valence-corrected chi connectivity index (χ0v) is 17.9. The molecule has 0 N–H and O–H groups in total. The van der Waals surface area contributed by atoms with Gasteiger partial charge in [-0.1, -0.05) is 30.3 Å². The molecular formula is C25H24BrFN2. The third-order valence-corrected chi connectivity index (χ3v) is 5.84. The maximum absolute atomic E-state index is 13.4. The highest BCUT2D eigenvalue weighted by atomic mass is 79.9. The smallest absolute Gasteiger partial charge is 0.173 e. The van der Waals surface area contributed by atoms with E-state index in [1.165, 1.54) is 53.9 Å². The molecule has 1 aliphatic rings. The molecule has 0 fully saturated rings. The highest BCUT2D eigenvalue weighted by molar-refractivity contribution is 5.86. The fourth-order valence-electron chi connectivity index (χ4n) is 4.50. The van der Waals surface area contributed by atoms with E-state index in [4.69, 9.17) is 0 Å². The lowest BCUT2D eigenvalue weighted by Gasteiger charge is -2.16. The minimum atomic E-state index is -0.182. The quantitative estimate of drug-likeness (QED) is 0.420. The second kappa shape index (κ2) is 8.50. The molecule has 1 aliphatic carbocycles. The molecule has 2 heterocycles. The molecule has 0 aliphatic heterocycles. The van der Waals surface area contributed by atoms with Gasteiger partial charge in [-0.3, -0.25) is 0 Å². The Bertz CT molecular complexity index is 1130. The van der Waals surface area contributed by atoms with Crippen molar-refractivity contribution < 1.29 is 25.9 Å². The number of hydrogen-bond donors (Lipinski definition) is 0. The first-order valence-electron chi connectivity index (χ1n) is 10.1. The molecule has 0 unspecified atom stereocenters. The Balaban J connectivity index is 0.00000205. The summed E-state index contributed by atoms with van der Waals surface area (Å²) in [4.78, 5) is 0. The maximum Gasteiger partial charge on any atom is 0.173 e. The van der Waals surface area contributed by atoms with Gasteiger partial charge in [0.15, 0.2) is 18.9 Å². The van der Waals surface area contributed by atoms with Crippen LogP contribution in [0, 0.1) is 5.82 Å². The van der Waals surface area contributed by atoms with Crippen molar-refractivity contribution in [3.63, 3.8) is 0 Å². The van der Waals surface area contributed by atoms with Crippen molar-refractivity contribution in [2.24, 2.45) is 0 Å². The Morgan fingerprint density at radius 1 is 0.862 bits per heavy atom. The zero-order chi connectivity index (χ0) is 18.9. The molecular weight excluding hydrogens is 427 g/mol. The second-order valence-corrected chi connectivity index (χ2v) is 7.74. The summed E-state index contributed by atoms with van der Waals surface area (Å²) < 4.78 is 18.0. The van der Waals surface area contributed by atoms with Crippen LogP contribution in [0.15, 0.2) is 73.1 Å². The minimum absolute atomic E-state index is 0. The van der Waals surface area contributed by atoms with Gasteiger partial charge < -0.3 is 21.5 Å². The predicted molar refractivity (Wildman–Crippen MR) is 110 cm³/mol. The van der Waals surface area contributed by atoms with E-state index in [-0.39, 0.29) is 22.8 Å². The molecule has 0 spiro atoms. The summed E-state index contributed by atoms with van der Waals surface area (Å²) >= 11 is 0. The van der Waals surface area contributed by atoms with Crippen molar-refractivity contribution in [3.8, 4) is 0 Å². The zero-order valence-electron chi connectivity index (χ0n) is 16.3. The molecule has 0 radical (unpaired) electrons. The van der Waals surface area contributed by atoms with Crippen molar-refractivity contribution in [1.82, 2.24) is 4.57 Å². The molecule has 2 aromatic heterocycles. The van der Waals surface area contributed by atoms with Crippen molar-refractivity contribution >= 4 is 10.9 Å². The lowest BCUT2D eigenvalue weighted by atomic mass is 9.95. The van der Waals surface area contributed by atoms with E-state index in [9.17, 15) is 4.39 Å². The Morgan fingerprint density at radius 3 is 2.48 bits per heavy atom. The van der Waals surface area contributed by atoms with Gasteiger partial charge in [0.25, 0.3) is 0 Å². The minimum Gasteiger partial charge on any atom is -1.00 e. The van der Waals surface area contributed by atoms with Crippen LogP contribution in [0.25, 0.3) is 10.9 Å². The van der Waals surface area contributed by atoms with Gasteiger partial charge in [-0.25, -0.2) is 8.96 Å². The summed E-state index contributed by atoms with van der Waals surface area (Å²) in [6, 6.07) is 20.0. The van der Waals surface area contributed by atoms with Gasteiger partial charge in [0.1, 0.15) is 5.82 Å². The van der Waals surface area contributed by atoms with Crippen LogP contribution in [-0.4, -0.2) is 4.57 Å². The molecule has 0 bridgehead atoms. The number of rotatable bonds is 4. The summed E-state index contributed by atoms with van der Waals surface area (Å²) in [7, 11) is 0. The van der Waals surface area contributed by atoms with E-state index in [0.29, 0.717) is 6.54 Å². The highest BCUT2D eigenvalue weighted by Crippen LogP contribution is 2.32. The predicted octanol–water partition coefficient (Wildman–Crippen LogP) is 2.05. The Kier molecular flexibility index (Phi) is 5.81. The van der Waals surface area contributed by atoms with Crippen LogP contribution in [-0.2, 0) is 25.9 Å². The summed E-state index contributed by atoms with van der Waals surface area (Å²) in [6.07, 6.45) is 9.15. The van der Waals surface area contributed by atoms with Gasteiger partial charge in [0.05, 0.1) is 0 Å². The van der Waals surface area contributed by atoms with E-state index in [1.54, 1.807) is 17.7 Å². The van der Waals surface area contributed by atoms with Crippen molar-refractivity contribution in [3.05, 3.63) is 101 Å². The third-order valence-electron chi connectivity index (χ3n) is 5.84. The van der Waals surface area contributed by atoms with Gasteiger partial charge in [-0.15, -0.1) is 0 Å². The average Bonchev–Trinajstić information content (AvgIpc) is 3.04. The summed E-state index contributed by atoms with van der Waals surface area (Å²) in [5.41, 5.74) is 6.70. The van der Waals surface area contributed by atoms with Gasteiger partial charge in [-0.05, 0) is 55.0 Å². The SMILES string of the molecule is Fc1cccc(C[n+]2ccc(Cn3c4c(c5ccccc53)CCCC4)cc2)c1.[Br-]. The molecule has 0 amide bonds. The molecule has 29 heavy (non-hydrogen) atoms. The second-order valence-electron chi connectivity index (χ2n) is 7.74. The van der Waals surface area contributed by atoms with Crippen molar-refractivity contribution in [2.75, 3.05) is 0 Å². The van der Waals surface area contributed by atoms with E-state index >= 15 is 0 Å². The first-order chi connectivity index (χ1) is 13.8. The van der Waals surface area contributed by atoms with Gasteiger partial charge >= 0.3 is 0 Å². The van der Waals surface area contributed by atoms with E-state index in [1.807, 2.05) is 6.07 Å². The molecule has 5 rings (SSSR count). The number of halogens is 2. The fourth-order valence-corrected chi connectivity index (χ4v) is 4.50. The summed E-state index contributed by atoms with van der Waals surface area (Å²) in [6.45, 7) is 1.58. The average molecular weight is 451 g/mol. The molecule has 0 saturated heterocycles. The number of benzene rings is 2. The Labute approximate surface area is 181 Å². The molecule has 0 saturated carbocycles. The number of aromatic nitrogens is 2. The van der Waals surface area contributed by atoms with Crippen LogP contribution < -0.4 is 21.5 Å². The Hall–Kier alpha value is -2.46. The van der Waals surface area contributed by atoms with Crippen LogP contribution in [0.3, 0.4) is 0 Å². The number of pyridine rings is 1. The van der Waals surface area contributed by atoms with Gasteiger partial charge in [0, 0.05) is 40.8 Å². The van der Waals surface area contributed by atoms with Crippen LogP contribution in [0.4, 0.5) is 4.39 Å². The summed E-state index contributed by atoms with van der Waals surface area (Å²) in [5.74, 6) is -0.182. The fraction of sp³-hybridized carbons (Fsp3) is 0.240. The largest absolute Gasteiger partial charge is 1.00 e. The van der Waals surface area contributed by atoms with Crippen LogP contribution in [0.2, 0.25) is 0 Å². The van der Waals surface area contributed by atoms with Gasteiger partial charge in [-0.2, -0.15) is 0 Å². The molecule has 2 nitrogen and oxygen atoms in total. The lowest BCUT2D eigenvalue weighted by Crippen LogP contribution is -3.00. The maximum atomic E-state index is 13.4. The van der Waals surface area contributed by atoms with Crippen LogP contribution >= 0.6 is 0 Å². The molecule has 148 valence electrons. The normalized spacial score (nSPS) is 13.1. The number of fused-ring (bicyclic) bond motifs is 3. The number of nitrogens with zero attached hydrogens (tertiary/aromatic N) is 2. The third kappa shape index (κ3) is 3.99. The Morgan fingerprint density at radius 2 is 1.66 bits per heavy atom. The number of hydrogen-bond acceptors (Lipinski definition) is 0. The van der Waals surface area contributed by atoms with E-state index in [2.05, 4.69) is 57.9 Å². The van der Waals surface area contributed by atoms with Crippen LogP contribution in [0.5, 0.6) is 0 Å². The van der Waals surface area contributed by atoms with E-state index < -0.39 is 0 Å². The van der Waals surface area contributed by atoms with Gasteiger partial charge in [0.2, 0.25) is 0 Å². The number of para-hydroxylation sites is 1. The summed E-state index contributed by atoms with van der Waals surface area (Å²) in [5, 5.41) is 1.43. The molecule has 2 aromatic carbocycles. The molecule has 4 heteroatoms. The van der Waals surface area contributed by atoms with E-state index in [0.717, 1.165) is 12.1 Å². The molecule has 0 atom stereocenters.